The second-order valence-corrected chi connectivity index (χ2v) is 7.08. The summed E-state index contributed by atoms with van der Waals surface area (Å²) in [7, 11) is 0. The first-order valence-corrected chi connectivity index (χ1v) is 9.58. The van der Waals surface area contributed by atoms with Gasteiger partial charge in [-0.25, -0.2) is 0 Å². The number of aromatic nitrogens is 1. The van der Waals surface area contributed by atoms with Gasteiger partial charge in [0.2, 0.25) is 0 Å². The van der Waals surface area contributed by atoms with Crippen molar-refractivity contribution < 1.29 is 9.72 Å². The zero-order valence-corrected chi connectivity index (χ0v) is 15.3. The van der Waals surface area contributed by atoms with E-state index in [0.717, 1.165) is 15.1 Å². The molecule has 0 unspecified atom stereocenters. The lowest BCUT2D eigenvalue weighted by Gasteiger charge is -2.01. The van der Waals surface area contributed by atoms with Gasteiger partial charge in [-0.05, 0) is 37.4 Å². The molecule has 2 aromatic carbocycles. The predicted molar refractivity (Wildman–Crippen MR) is 100 cm³/mol. The van der Waals surface area contributed by atoms with Crippen LogP contribution in [0.2, 0.25) is 0 Å². The Kier molecular flexibility index (Phi) is 5.00. The molecule has 3 aromatic rings. The van der Waals surface area contributed by atoms with E-state index in [0.29, 0.717) is 16.9 Å². The molecule has 0 bridgehead atoms. The Morgan fingerprint density at radius 2 is 2.12 bits per heavy atom. The van der Waals surface area contributed by atoms with Crippen molar-refractivity contribution in [2.45, 2.75) is 18.4 Å². The van der Waals surface area contributed by atoms with Crippen molar-refractivity contribution >= 4 is 44.9 Å². The number of hydrogen-bond acceptors (Lipinski definition) is 5. The second kappa shape index (κ2) is 7.20. The summed E-state index contributed by atoms with van der Waals surface area (Å²) in [5.74, 6) is -0.320. The fourth-order valence-electron chi connectivity index (χ4n) is 2.47. The summed E-state index contributed by atoms with van der Waals surface area (Å²) in [6, 6.07) is 12.0. The van der Waals surface area contributed by atoms with Gasteiger partial charge in [-0.15, -0.1) is 11.8 Å². The van der Waals surface area contributed by atoms with Crippen LogP contribution < -0.4 is 4.80 Å². The molecule has 25 heavy (non-hydrogen) atoms. The summed E-state index contributed by atoms with van der Waals surface area (Å²) in [6.07, 6.45) is 1.95. The van der Waals surface area contributed by atoms with E-state index in [-0.39, 0.29) is 11.6 Å². The molecule has 1 aromatic heterocycles. The molecule has 0 saturated heterocycles. The quantitative estimate of drug-likeness (QED) is 0.392. The maximum atomic E-state index is 12.5. The number of aryl methyl sites for hydroxylation is 1. The van der Waals surface area contributed by atoms with Crippen LogP contribution in [0.25, 0.3) is 10.2 Å². The zero-order chi connectivity index (χ0) is 18.0. The fourth-order valence-corrected chi connectivity index (χ4v) is 4.06. The third kappa shape index (κ3) is 3.49. The molecule has 0 N–H and O–H groups in total. The van der Waals surface area contributed by atoms with Crippen LogP contribution >= 0.6 is 23.1 Å². The van der Waals surface area contributed by atoms with Crippen LogP contribution in [0.1, 0.15) is 17.3 Å². The van der Waals surface area contributed by atoms with Gasteiger partial charge in [0.05, 0.1) is 15.1 Å². The number of amides is 1. The topological polar surface area (TPSA) is 77.5 Å². The molecule has 0 aliphatic heterocycles. The minimum absolute atomic E-state index is 0.0301. The Bertz CT molecular complexity index is 1040. The van der Waals surface area contributed by atoms with Crippen molar-refractivity contribution in [2.75, 3.05) is 6.26 Å². The maximum absolute atomic E-state index is 12.5. The Balaban J connectivity index is 2.11. The average molecular weight is 373 g/mol. The van der Waals surface area contributed by atoms with Gasteiger partial charge < -0.3 is 4.57 Å². The van der Waals surface area contributed by atoms with Crippen molar-refractivity contribution in [2.24, 2.45) is 4.99 Å². The molecule has 3 rings (SSSR count). The molecular formula is C17H15N3O3S2. The molecule has 6 nitrogen and oxygen atoms in total. The first-order chi connectivity index (χ1) is 12.0. The molecular weight excluding hydrogens is 358 g/mol. The van der Waals surface area contributed by atoms with E-state index in [9.17, 15) is 14.9 Å². The molecule has 128 valence electrons. The van der Waals surface area contributed by atoms with Gasteiger partial charge in [-0.1, -0.05) is 17.4 Å². The van der Waals surface area contributed by atoms with Crippen molar-refractivity contribution in [3.05, 3.63) is 62.9 Å². The van der Waals surface area contributed by atoms with Crippen molar-refractivity contribution in [1.82, 2.24) is 4.57 Å². The number of non-ortho nitro benzene ring substituents is 1. The Morgan fingerprint density at radius 1 is 1.32 bits per heavy atom. The smallest absolute Gasteiger partial charge is 0.279 e. The van der Waals surface area contributed by atoms with E-state index >= 15 is 0 Å². The summed E-state index contributed by atoms with van der Waals surface area (Å²) in [5, 5.41) is 11.0. The summed E-state index contributed by atoms with van der Waals surface area (Å²) in [4.78, 5) is 28.8. The molecule has 8 heteroatoms. The van der Waals surface area contributed by atoms with Crippen LogP contribution in [0.15, 0.2) is 52.4 Å². The molecule has 1 heterocycles. The van der Waals surface area contributed by atoms with Gasteiger partial charge in [-0.2, -0.15) is 4.99 Å². The number of thiazole rings is 1. The number of nitrogens with zero attached hydrogens (tertiary/aromatic N) is 3. The predicted octanol–water partition coefficient (Wildman–Crippen LogP) is 4.09. The number of fused-ring (bicyclic) bond motifs is 1. The first kappa shape index (κ1) is 17.4. The summed E-state index contributed by atoms with van der Waals surface area (Å²) in [5.41, 5.74) is 1.39. The van der Waals surface area contributed by atoms with Crippen molar-refractivity contribution in [1.29, 1.82) is 0 Å². The van der Waals surface area contributed by atoms with Crippen LogP contribution in [0.4, 0.5) is 5.69 Å². The highest BCUT2D eigenvalue weighted by Crippen LogP contribution is 2.23. The van der Waals surface area contributed by atoms with Crippen LogP contribution in [-0.2, 0) is 6.54 Å². The molecule has 0 aliphatic rings. The van der Waals surface area contributed by atoms with Gasteiger partial charge in [0.1, 0.15) is 0 Å². The minimum Gasteiger partial charge on any atom is -0.317 e. The third-order valence-electron chi connectivity index (χ3n) is 3.71. The van der Waals surface area contributed by atoms with Crippen LogP contribution in [-0.4, -0.2) is 21.7 Å². The molecule has 0 radical (unpaired) electrons. The summed E-state index contributed by atoms with van der Waals surface area (Å²) in [6.45, 7) is 2.57. The lowest BCUT2D eigenvalue weighted by molar-refractivity contribution is -0.384. The van der Waals surface area contributed by atoms with Crippen LogP contribution in [0, 0.1) is 10.1 Å². The number of benzene rings is 2. The van der Waals surface area contributed by atoms with Crippen molar-refractivity contribution in [3.8, 4) is 0 Å². The lowest BCUT2D eigenvalue weighted by atomic mass is 10.2. The summed E-state index contributed by atoms with van der Waals surface area (Å²) >= 11 is 2.84. The number of carbonyl (C=O) groups is 1. The average Bonchev–Trinajstić information content (AvgIpc) is 2.97. The summed E-state index contributed by atoms with van der Waals surface area (Å²) < 4.78 is 2.63. The van der Waals surface area contributed by atoms with Gasteiger partial charge in [0.15, 0.2) is 4.80 Å². The Labute approximate surface area is 152 Å². The zero-order valence-electron chi connectivity index (χ0n) is 13.6. The van der Waals surface area contributed by atoms with Crippen LogP contribution in [0.3, 0.4) is 0 Å². The second-order valence-electron chi connectivity index (χ2n) is 5.19. The van der Waals surface area contributed by atoms with Gasteiger partial charge in [0.25, 0.3) is 11.6 Å². The van der Waals surface area contributed by atoms with E-state index in [2.05, 4.69) is 4.99 Å². The Hall–Kier alpha value is -2.45. The van der Waals surface area contributed by atoms with E-state index in [1.165, 1.54) is 23.5 Å². The van der Waals surface area contributed by atoms with Crippen LogP contribution in [0.5, 0.6) is 0 Å². The molecule has 0 atom stereocenters. The van der Waals surface area contributed by atoms with Gasteiger partial charge >= 0.3 is 0 Å². The number of rotatable bonds is 4. The highest BCUT2D eigenvalue weighted by atomic mass is 32.2. The number of nitro groups is 1. The normalized spacial score (nSPS) is 11.8. The molecule has 0 aliphatic carbocycles. The maximum Gasteiger partial charge on any atom is 0.279 e. The highest BCUT2D eigenvalue weighted by Gasteiger charge is 2.12. The third-order valence-corrected chi connectivity index (χ3v) is 5.47. The van der Waals surface area contributed by atoms with E-state index in [4.69, 9.17) is 0 Å². The highest BCUT2D eigenvalue weighted by molar-refractivity contribution is 7.98. The first-order valence-electron chi connectivity index (χ1n) is 7.54. The molecule has 0 saturated carbocycles. The lowest BCUT2D eigenvalue weighted by Crippen LogP contribution is -2.15. The van der Waals surface area contributed by atoms with Gasteiger partial charge in [-0.3, -0.25) is 14.9 Å². The van der Waals surface area contributed by atoms with Crippen molar-refractivity contribution in [3.63, 3.8) is 0 Å². The molecule has 1 amide bonds. The largest absolute Gasteiger partial charge is 0.317 e. The standard InChI is InChI=1S/C17H15N3O3S2/c1-3-19-14-8-7-12(20(22)23)10-15(14)25-17(19)18-16(21)11-5-4-6-13(9-11)24-2/h4-10H,3H2,1-2H3. The minimum atomic E-state index is -0.425. The van der Waals surface area contributed by atoms with E-state index < -0.39 is 4.92 Å². The fraction of sp³-hybridized carbons (Fsp3) is 0.176. The number of hydrogen-bond donors (Lipinski definition) is 0. The number of carbonyl (C=O) groups excluding carboxylic acids is 1. The molecule has 0 fully saturated rings. The van der Waals surface area contributed by atoms with Gasteiger partial charge in [0, 0.05) is 29.1 Å². The number of thioether (sulfide) groups is 1. The molecule has 0 spiro atoms. The Morgan fingerprint density at radius 3 is 2.80 bits per heavy atom. The SMILES string of the molecule is CCn1c(=NC(=O)c2cccc(SC)c2)sc2cc([N+](=O)[O-])ccc21. The monoisotopic (exact) mass is 373 g/mol. The van der Waals surface area contributed by atoms with E-state index in [1.807, 2.05) is 35.9 Å². The van der Waals surface area contributed by atoms with E-state index in [1.54, 1.807) is 23.9 Å². The number of nitro benzene ring substituents is 1.